The summed E-state index contributed by atoms with van der Waals surface area (Å²) in [4.78, 5) is 24.9. The molecule has 0 aliphatic carbocycles. The Kier molecular flexibility index (Phi) is 35.8. The zero-order valence-electron chi connectivity index (χ0n) is 31.2. The quantitative estimate of drug-likeness (QED) is 0.0428. The van der Waals surface area contributed by atoms with Crippen LogP contribution in [0.5, 0.6) is 0 Å². The first-order valence-corrected chi connectivity index (χ1v) is 19.4. The van der Waals surface area contributed by atoms with Crippen LogP contribution in [0.4, 0.5) is 0 Å². The van der Waals surface area contributed by atoms with Gasteiger partial charge >= 0.3 is 0 Å². The van der Waals surface area contributed by atoms with Crippen molar-refractivity contribution in [3.05, 3.63) is 97.2 Å². The summed E-state index contributed by atoms with van der Waals surface area (Å²) in [7, 11) is 0. The van der Waals surface area contributed by atoms with Crippen LogP contribution in [0, 0.1) is 0 Å². The van der Waals surface area contributed by atoms with E-state index in [-0.39, 0.29) is 18.0 Å². The predicted octanol–water partition coefficient (Wildman–Crippen LogP) is 12.6. The van der Waals surface area contributed by atoms with Crippen molar-refractivity contribution >= 4 is 11.8 Å². The number of allylic oxidation sites excluding steroid dienone is 16. The van der Waals surface area contributed by atoms with E-state index in [1.54, 1.807) is 0 Å². The fourth-order valence-corrected chi connectivity index (χ4v) is 4.88. The standard InChI is InChI=1S/C44H72N2O2/c1-4-7-9-11-13-15-17-19-21-23-25-27-29-31-33-35-37-40-43(47)45-42(39-6-3)46-44(48)41-38-36-34-32-30-28-26-24-22-20-18-16-14-12-10-8-5-2/h13-16,19-22,25-28,31-34,42H,4-12,17-18,23-24,29-30,35-41H2,1-3H3,(H,45,47)(H,46,48). The molecule has 0 unspecified atom stereocenters. The van der Waals surface area contributed by atoms with Crippen molar-refractivity contribution in [2.24, 2.45) is 0 Å². The lowest BCUT2D eigenvalue weighted by atomic mass is 10.2. The molecule has 48 heavy (non-hydrogen) atoms. The molecule has 270 valence electrons. The molecular weight excluding hydrogens is 588 g/mol. The number of unbranched alkanes of at least 4 members (excludes halogenated alkanes) is 8. The van der Waals surface area contributed by atoms with Crippen LogP contribution >= 0.6 is 0 Å². The lowest BCUT2D eigenvalue weighted by Crippen LogP contribution is -2.47. The van der Waals surface area contributed by atoms with Gasteiger partial charge in [0.25, 0.3) is 0 Å². The van der Waals surface area contributed by atoms with E-state index in [1.165, 1.54) is 51.4 Å². The van der Waals surface area contributed by atoms with Crippen molar-refractivity contribution in [2.75, 3.05) is 0 Å². The van der Waals surface area contributed by atoms with E-state index in [0.29, 0.717) is 12.8 Å². The van der Waals surface area contributed by atoms with E-state index in [1.807, 2.05) is 0 Å². The number of rotatable bonds is 32. The van der Waals surface area contributed by atoms with Gasteiger partial charge in [-0.3, -0.25) is 9.59 Å². The highest BCUT2D eigenvalue weighted by Gasteiger charge is 2.13. The molecule has 0 fully saturated rings. The third-order valence-electron chi connectivity index (χ3n) is 7.71. The number of nitrogens with one attached hydrogen (secondary N) is 2. The Hall–Kier alpha value is -3.14. The highest BCUT2D eigenvalue weighted by atomic mass is 16.2. The van der Waals surface area contributed by atoms with Crippen molar-refractivity contribution in [3.8, 4) is 0 Å². The highest BCUT2D eigenvalue weighted by Crippen LogP contribution is 2.05. The maximum absolute atomic E-state index is 12.5. The molecule has 0 radical (unpaired) electrons. The van der Waals surface area contributed by atoms with E-state index in [2.05, 4.69) is 129 Å². The van der Waals surface area contributed by atoms with Crippen molar-refractivity contribution in [3.63, 3.8) is 0 Å². The average Bonchev–Trinajstić information content (AvgIpc) is 3.07. The van der Waals surface area contributed by atoms with Crippen molar-refractivity contribution in [1.82, 2.24) is 10.6 Å². The second-order valence-electron chi connectivity index (χ2n) is 12.4. The van der Waals surface area contributed by atoms with E-state index in [9.17, 15) is 9.59 Å². The average molecular weight is 661 g/mol. The van der Waals surface area contributed by atoms with Crippen LogP contribution in [-0.4, -0.2) is 18.0 Å². The Morgan fingerprint density at radius 1 is 0.396 bits per heavy atom. The van der Waals surface area contributed by atoms with Crippen LogP contribution in [0.3, 0.4) is 0 Å². The molecule has 0 saturated heterocycles. The van der Waals surface area contributed by atoms with Crippen molar-refractivity contribution in [2.45, 2.75) is 168 Å². The van der Waals surface area contributed by atoms with E-state index >= 15 is 0 Å². The van der Waals surface area contributed by atoms with Crippen LogP contribution in [-0.2, 0) is 9.59 Å². The zero-order valence-corrected chi connectivity index (χ0v) is 31.2. The molecule has 0 heterocycles. The van der Waals surface area contributed by atoms with Crippen molar-refractivity contribution in [1.29, 1.82) is 0 Å². The Bertz CT molecular complexity index is 904. The van der Waals surface area contributed by atoms with Gasteiger partial charge in [-0.2, -0.15) is 0 Å². The van der Waals surface area contributed by atoms with Gasteiger partial charge in [0.15, 0.2) is 0 Å². The number of amides is 2. The molecule has 2 amide bonds. The molecule has 0 aromatic heterocycles. The number of carbonyl (C=O) groups is 2. The first kappa shape index (κ1) is 44.9. The summed E-state index contributed by atoms with van der Waals surface area (Å²) in [6.07, 6.45) is 57.1. The molecule has 0 aromatic carbocycles. The topological polar surface area (TPSA) is 58.2 Å². The minimum Gasteiger partial charge on any atom is -0.336 e. The minimum atomic E-state index is -0.289. The van der Waals surface area contributed by atoms with E-state index < -0.39 is 0 Å². The first-order valence-electron chi connectivity index (χ1n) is 19.4. The first-order chi connectivity index (χ1) is 23.6. The maximum atomic E-state index is 12.5. The lowest BCUT2D eigenvalue weighted by molar-refractivity contribution is -0.124. The molecular formula is C44H72N2O2. The summed E-state index contributed by atoms with van der Waals surface area (Å²) in [5, 5.41) is 6.03. The molecule has 0 aliphatic heterocycles. The number of hydrogen-bond donors (Lipinski definition) is 2. The number of hydrogen-bond acceptors (Lipinski definition) is 2. The monoisotopic (exact) mass is 661 g/mol. The van der Waals surface area contributed by atoms with E-state index in [0.717, 1.165) is 77.0 Å². The van der Waals surface area contributed by atoms with Gasteiger partial charge in [0.05, 0.1) is 0 Å². The van der Waals surface area contributed by atoms with Gasteiger partial charge < -0.3 is 10.6 Å². The molecule has 0 bridgehead atoms. The van der Waals surface area contributed by atoms with Crippen LogP contribution in [0.2, 0.25) is 0 Å². The Morgan fingerprint density at radius 3 is 0.979 bits per heavy atom. The van der Waals surface area contributed by atoms with Gasteiger partial charge in [-0.1, -0.05) is 150 Å². The van der Waals surface area contributed by atoms with Crippen LogP contribution in [0.1, 0.15) is 162 Å². The summed E-state index contributed by atoms with van der Waals surface area (Å²) in [6, 6.07) is 0. The van der Waals surface area contributed by atoms with Gasteiger partial charge in [0.2, 0.25) is 11.8 Å². The fraction of sp³-hybridized carbons (Fsp3) is 0.591. The van der Waals surface area contributed by atoms with Crippen LogP contribution < -0.4 is 10.6 Å². The van der Waals surface area contributed by atoms with Gasteiger partial charge in [-0.15, -0.1) is 0 Å². The molecule has 0 rings (SSSR count). The third kappa shape index (κ3) is 35.7. The summed E-state index contributed by atoms with van der Waals surface area (Å²) in [5.41, 5.74) is 0. The number of carbonyl (C=O) groups excluding carboxylic acids is 2. The summed E-state index contributed by atoms with van der Waals surface area (Å²) in [5.74, 6) is 0.0107. The largest absolute Gasteiger partial charge is 0.336 e. The van der Waals surface area contributed by atoms with Crippen LogP contribution in [0.15, 0.2) is 97.2 Å². The van der Waals surface area contributed by atoms with Gasteiger partial charge in [0.1, 0.15) is 6.17 Å². The molecule has 0 aromatic rings. The Labute approximate surface area is 296 Å². The molecule has 0 atom stereocenters. The third-order valence-corrected chi connectivity index (χ3v) is 7.71. The van der Waals surface area contributed by atoms with Gasteiger partial charge in [-0.05, 0) is 96.3 Å². The normalized spacial score (nSPS) is 13.3. The van der Waals surface area contributed by atoms with Crippen LogP contribution in [0.25, 0.3) is 0 Å². The SMILES string of the molecule is CCCCCC=CCC=CCC=CCC=CCCCC(=O)NC(CCC)NC(=O)CCCC=CCC=CCC=CCC=CCCCCC. The smallest absolute Gasteiger partial charge is 0.221 e. The molecule has 4 heteroatoms. The van der Waals surface area contributed by atoms with Crippen molar-refractivity contribution < 1.29 is 9.59 Å². The van der Waals surface area contributed by atoms with E-state index in [4.69, 9.17) is 0 Å². The lowest BCUT2D eigenvalue weighted by Gasteiger charge is -2.19. The van der Waals surface area contributed by atoms with Gasteiger partial charge in [0, 0.05) is 12.8 Å². The molecule has 0 spiro atoms. The molecule has 2 N–H and O–H groups in total. The summed E-state index contributed by atoms with van der Waals surface area (Å²) >= 11 is 0. The maximum Gasteiger partial charge on any atom is 0.221 e. The summed E-state index contributed by atoms with van der Waals surface area (Å²) < 4.78 is 0. The molecule has 0 saturated carbocycles. The molecule has 4 nitrogen and oxygen atoms in total. The highest BCUT2D eigenvalue weighted by molar-refractivity contribution is 5.79. The predicted molar refractivity (Wildman–Crippen MR) is 212 cm³/mol. The minimum absolute atomic E-state index is 0.00533. The van der Waals surface area contributed by atoms with Gasteiger partial charge in [-0.25, -0.2) is 0 Å². The summed E-state index contributed by atoms with van der Waals surface area (Å²) in [6.45, 7) is 6.55. The molecule has 0 aliphatic rings. The zero-order chi connectivity index (χ0) is 35.0. The second kappa shape index (κ2) is 38.3. The second-order valence-corrected chi connectivity index (χ2v) is 12.4. The fourth-order valence-electron chi connectivity index (χ4n) is 4.88. The Morgan fingerprint density at radius 2 is 0.688 bits per heavy atom. The Balaban J connectivity index is 3.94.